The fourth-order valence-corrected chi connectivity index (χ4v) is 4.27. The van der Waals surface area contributed by atoms with Crippen LogP contribution in [0.5, 0.6) is 0 Å². The molecule has 2 fully saturated rings. The van der Waals surface area contributed by atoms with Crippen molar-refractivity contribution in [1.29, 1.82) is 0 Å². The molecule has 2 heterocycles. The van der Waals surface area contributed by atoms with E-state index in [0.717, 1.165) is 29.2 Å². The van der Waals surface area contributed by atoms with Crippen LogP contribution in [0.3, 0.4) is 0 Å². The first-order valence-electron chi connectivity index (χ1n) is 10.1. The summed E-state index contributed by atoms with van der Waals surface area (Å²) in [4.78, 5) is 33.4. The first-order chi connectivity index (χ1) is 15.8. The van der Waals surface area contributed by atoms with Gasteiger partial charge < -0.3 is 0 Å². The van der Waals surface area contributed by atoms with Gasteiger partial charge in [-0.05, 0) is 54.1 Å². The monoisotopic (exact) mass is 456 g/mol. The van der Waals surface area contributed by atoms with Gasteiger partial charge in [-0.25, -0.2) is 14.4 Å². The van der Waals surface area contributed by atoms with Crippen molar-refractivity contribution >= 4 is 23.2 Å². The summed E-state index contributed by atoms with van der Waals surface area (Å²) in [6.07, 6.45) is -5.71. The molecule has 5 nitrogen and oxygen atoms in total. The minimum atomic E-state index is -4.54. The standard InChI is InChI=1S/C24H16F4N2O3/c25-16-10-6-14(7-11-16)20-19-21(33-30(20)18-4-2-1-3-5-18)23(32)29(22(19)31)17-12-8-15(9-13-17)24(26,27)28/h1-13,19-21H/t19-,20-,21-/m1/s1. The molecule has 2 amide bonds. The molecule has 33 heavy (non-hydrogen) atoms. The Balaban J connectivity index is 1.53. The number of rotatable bonds is 3. The van der Waals surface area contributed by atoms with Crippen molar-refractivity contribution in [3.8, 4) is 0 Å². The molecule has 3 atom stereocenters. The van der Waals surface area contributed by atoms with Gasteiger partial charge in [0.25, 0.3) is 5.91 Å². The number of para-hydroxylation sites is 1. The predicted molar refractivity (Wildman–Crippen MR) is 110 cm³/mol. The second-order valence-corrected chi connectivity index (χ2v) is 7.77. The zero-order valence-corrected chi connectivity index (χ0v) is 16.9. The maximum absolute atomic E-state index is 13.5. The third kappa shape index (κ3) is 3.54. The van der Waals surface area contributed by atoms with Gasteiger partial charge in [-0.2, -0.15) is 13.2 Å². The van der Waals surface area contributed by atoms with Crippen molar-refractivity contribution in [3.63, 3.8) is 0 Å². The fraction of sp³-hybridized carbons (Fsp3) is 0.167. The normalized spacial score (nSPS) is 22.7. The molecule has 2 saturated heterocycles. The van der Waals surface area contributed by atoms with Crippen LogP contribution in [0.1, 0.15) is 17.2 Å². The van der Waals surface area contributed by atoms with Crippen molar-refractivity contribution in [2.75, 3.05) is 9.96 Å². The van der Waals surface area contributed by atoms with E-state index in [1.807, 2.05) is 0 Å². The Morgan fingerprint density at radius 1 is 0.758 bits per heavy atom. The van der Waals surface area contributed by atoms with Gasteiger partial charge in [-0.15, -0.1) is 0 Å². The van der Waals surface area contributed by atoms with E-state index >= 15 is 0 Å². The van der Waals surface area contributed by atoms with Crippen molar-refractivity contribution in [2.24, 2.45) is 5.92 Å². The Kier molecular flexibility index (Phi) is 4.93. The molecular weight excluding hydrogens is 440 g/mol. The minimum absolute atomic E-state index is 0.0279. The molecule has 0 unspecified atom stereocenters. The van der Waals surface area contributed by atoms with Crippen LogP contribution in [0.4, 0.5) is 28.9 Å². The van der Waals surface area contributed by atoms with E-state index in [1.54, 1.807) is 30.3 Å². The van der Waals surface area contributed by atoms with Crippen molar-refractivity contribution in [2.45, 2.75) is 18.3 Å². The van der Waals surface area contributed by atoms with Crippen molar-refractivity contribution in [1.82, 2.24) is 0 Å². The Morgan fingerprint density at radius 3 is 2.00 bits per heavy atom. The number of imide groups is 1. The first kappa shape index (κ1) is 21.1. The molecule has 2 aliphatic rings. The summed E-state index contributed by atoms with van der Waals surface area (Å²) in [5.41, 5.74) is 0.299. The van der Waals surface area contributed by atoms with Crippen LogP contribution in [0.25, 0.3) is 0 Å². The maximum Gasteiger partial charge on any atom is 0.416 e. The lowest BCUT2D eigenvalue weighted by molar-refractivity contribution is -0.137. The Morgan fingerprint density at radius 2 is 1.39 bits per heavy atom. The van der Waals surface area contributed by atoms with Gasteiger partial charge in [0.15, 0.2) is 6.10 Å². The number of carbonyl (C=O) groups excluding carboxylic acids is 2. The Labute approximate surface area is 185 Å². The highest BCUT2D eigenvalue weighted by molar-refractivity contribution is 6.23. The molecule has 0 saturated carbocycles. The molecule has 2 aliphatic heterocycles. The molecule has 0 N–H and O–H groups in total. The van der Waals surface area contributed by atoms with Gasteiger partial charge in [0.1, 0.15) is 11.7 Å². The fourth-order valence-electron chi connectivity index (χ4n) is 4.27. The van der Waals surface area contributed by atoms with Crippen molar-refractivity contribution in [3.05, 3.63) is 95.8 Å². The SMILES string of the molecule is O=C1[C@@H]2[C@@H](c3ccc(F)cc3)N(c3ccccc3)O[C@H]2C(=O)N1c1ccc(C(F)(F)F)cc1. The van der Waals surface area contributed by atoms with E-state index in [2.05, 4.69) is 0 Å². The second kappa shape index (κ2) is 7.70. The van der Waals surface area contributed by atoms with Gasteiger partial charge in [-0.1, -0.05) is 30.3 Å². The van der Waals surface area contributed by atoms with Crippen LogP contribution < -0.4 is 9.96 Å². The van der Waals surface area contributed by atoms with Crippen LogP contribution in [-0.4, -0.2) is 17.9 Å². The van der Waals surface area contributed by atoms with Gasteiger partial charge in [0, 0.05) is 0 Å². The molecular formula is C24H16F4N2O3. The lowest BCUT2D eigenvalue weighted by Gasteiger charge is -2.28. The third-order valence-electron chi connectivity index (χ3n) is 5.79. The van der Waals surface area contributed by atoms with Gasteiger partial charge >= 0.3 is 6.18 Å². The number of hydrogen-bond donors (Lipinski definition) is 0. The number of hydroxylamine groups is 1. The van der Waals surface area contributed by atoms with E-state index in [-0.39, 0.29) is 5.69 Å². The summed E-state index contributed by atoms with van der Waals surface area (Å²) in [5.74, 6) is -2.70. The largest absolute Gasteiger partial charge is 0.416 e. The molecule has 5 rings (SSSR count). The quantitative estimate of drug-likeness (QED) is 0.416. The topological polar surface area (TPSA) is 49.9 Å². The number of benzene rings is 3. The molecule has 168 valence electrons. The van der Waals surface area contributed by atoms with E-state index < -0.39 is 47.4 Å². The molecule has 3 aromatic carbocycles. The molecule has 9 heteroatoms. The molecule has 0 bridgehead atoms. The molecule has 0 aromatic heterocycles. The molecule has 3 aromatic rings. The van der Waals surface area contributed by atoms with Crippen LogP contribution >= 0.6 is 0 Å². The number of anilines is 2. The lowest BCUT2D eigenvalue weighted by atomic mass is 9.90. The molecule has 0 spiro atoms. The zero-order chi connectivity index (χ0) is 23.3. The maximum atomic E-state index is 13.5. The Bertz CT molecular complexity index is 1200. The van der Waals surface area contributed by atoms with Crippen LogP contribution in [-0.2, 0) is 20.6 Å². The average Bonchev–Trinajstić information content (AvgIpc) is 3.31. The second-order valence-electron chi connectivity index (χ2n) is 7.77. The minimum Gasteiger partial charge on any atom is -0.273 e. The van der Waals surface area contributed by atoms with Crippen LogP contribution in [0, 0.1) is 11.7 Å². The van der Waals surface area contributed by atoms with Crippen molar-refractivity contribution < 1.29 is 32.0 Å². The summed E-state index contributed by atoms with van der Waals surface area (Å²) >= 11 is 0. The number of alkyl halides is 3. The summed E-state index contributed by atoms with van der Waals surface area (Å²) < 4.78 is 52.3. The summed E-state index contributed by atoms with van der Waals surface area (Å²) in [6.45, 7) is 0. The van der Waals surface area contributed by atoms with E-state index in [1.165, 1.54) is 29.3 Å². The molecule has 0 radical (unpaired) electrons. The van der Waals surface area contributed by atoms with Gasteiger partial charge in [0.2, 0.25) is 5.91 Å². The number of amides is 2. The highest BCUT2D eigenvalue weighted by Crippen LogP contribution is 2.47. The average molecular weight is 456 g/mol. The highest BCUT2D eigenvalue weighted by Gasteiger charge is 2.60. The number of nitrogens with zero attached hydrogens (tertiary/aromatic N) is 2. The van der Waals surface area contributed by atoms with Gasteiger partial charge in [0.05, 0.1) is 23.0 Å². The predicted octanol–water partition coefficient (Wildman–Crippen LogP) is 4.90. The molecule has 0 aliphatic carbocycles. The Hall–Kier alpha value is -3.72. The van der Waals surface area contributed by atoms with Crippen LogP contribution in [0.2, 0.25) is 0 Å². The number of fused-ring (bicyclic) bond motifs is 1. The lowest BCUT2D eigenvalue weighted by Crippen LogP contribution is -2.37. The highest BCUT2D eigenvalue weighted by atomic mass is 19.4. The number of hydrogen-bond acceptors (Lipinski definition) is 4. The zero-order valence-electron chi connectivity index (χ0n) is 16.9. The third-order valence-corrected chi connectivity index (χ3v) is 5.79. The number of halogens is 4. The number of carbonyl (C=O) groups is 2. The van der Waals surface area contributed by atoms with E-state index in [4.69, 9.17) is 4.84 Å². The summed E-state index contributed by atoms with van der Waals surface area (Å²) in [6, 6.07) is 17.4. The van der Waals surface area contributed by atoms with E-state index in [0.29, 0.717) is 11.3 Å². The first-order valence-corrected chi connectivity index (χ1v) is 10.1. The summed E-state index contributed by atoms with van der Waals surface area (Å²) in [7, 11) is 0. The smallest absolute Gasteiger partial charge is 0.273 e. The van der Waals surface area contributed by atoms with Crippen LogP contribution in [0.15, 0.2) is 78.9 Å². The summed E-state index contributed by atoms with van der Waals surface area (Å²) in [5, 5.41) is 1.46. The van der Waals surface area contributed by atoms with Gasteiger partial charge in [-0.3, -0.25) is 14.4 Å². The van der Waals surface area contributed by atoms with E-state index in [9.17, 15) is 27.2 Å².